The van der Waals surface area contributed by atoms with E-state index in [0.29, 0.717) is 6.04 Å². The van der Waals surface area contributed by atoms with Crippen LogP contribution in [0.3, 0.4) is 0 Å². The van der Waals surface area contributed by atoms with Crippen molar-refractivity contribution >= 4 is 27.4 Å². The molecule has 0 aliphatic heterocycles. The molecule has 1 N–H and O–H groups in total. The molecule has 2 atom stereocenters. The summed E-state index contributed by atoms with van der Waals surface area (Å²) in [7, 11) is 0. The summed E-state index contributed by atoms with van der Waals surface area (Å²) >= 11 is 3.54. The van der Waals surface area contributed by atoms with E-state index in [1.807, 2.05) is 6.92 Å². The highest BCUT2D eigenvalue weighted by molar-refractivity contribution is 9.10. The number of benzene rings is 1. The van der Waals surface area contributed by atoms with E-state index in [4.69, 9.17) is 0 Å². The number of ketones is 1. The first-order valence-corrected chi connectivity index (χ1v) is 9.99. The summed E-state index contributed by atoms with van der Waals surface area (Å²) in [5.41, 5.74) is 2.34. The second kappa shape index (κ2) is 10.0. The Hall–Kier alpha value is -1.27. The minimum Gasteiger partial charge on any atom is -0.382 e. The Morgan fingerprint density at radius 1 is 1.28 bits per heavy atom. The fourth-order valence-electron chi connectivity index (χ4n) is 2.50. The number of carbonyl (C=O) groups is 1. The SMILES string of the molecule is CCCC(CCC#CC(=O)C(C)C(C)(C)C)Nc1ccc(Br)c(C)c1. The summed E-state index contributed by atoms with van der Waals surface area (Å²) < 4.78 is 1.13. The van der Waals surface area contributed by atoms with Crippen molar-refractivity contribution in [2.75, 3.05) is 5.32 Å². The van der Waals surface area contributed by atoms with Crippen LogP contribution in [-0.2, 0) is 4.79 Å². The Balaban J connectivity index is 2.60. The van der Waals surface area contributed by atoms with Gasteiger partial charge in [-0.3, -0.25) is 4.79 Å². The Morgan fingerprint density at radius 2 is 1.96 bits per heavy atom. The van der Waals surface area contributed by atoms with Crippen LogP contribution in [0.4, 0.5) is 5.69 Å². The molecule has 0 aromatic heterocycles. The summed E-state index contributed by atoms with van der Waals surface area (Å²) in [5.74, 6) is 5.95. The van der Waals surface area contributed by atoms with Crippen molar-refractivity contribution in [3.05, 3.63) is 28.2 Å². The monoisotopic (exact) mass is 405 g/mol. The number of aryl methyl sites for hydroxylation is 1. The fourth-order valence-corrected chi connectivity index (χ4v) is 2.75. The number of nitrogens with one attached hydrogen (secondary N) is 1. The van der Waals surface area contributed by atoms with Crippen molar-refractivity contribution < 1.29 is 4.79 Å². The molecule has 0 fully saturated rings. The molecule has 3 heteroatoms. The van der Waals surface area contributed by atoms with Crippen molar-refractivity contribution in [2.45, 2.75) is 73.3 Å². The van der Waals surface area contributed by atoms with Crippen molar-refractivity contribution in [1.82, 2.24) is 0 Å². The molecular weight excluding hydrogens is 374 g/mol. The maximum absolute atomic E-state index is 12.1. The molecular formula is C22H32BrNO. The molecule has 0 aliphatic rings. The van der Waals surface area contributed by atoms with Gasteiger partial charge in [0.15, 0.2) is 0 Å². The minimum atomic E-state index is -0.0321. The number of Topliss-reactive ketones (excluding diaryl/α,β-unsaturated/α-hetero) is 1. The van der Waals surface area contributed by atoms with Gasteiger partial charge in [0.25, 0.3) is 0 Å². The molecule has 1 aromatic rings. The molecule has 138 valence electrons. The van der Waals surface area contributed by atoms with Crippen LogP contribution in [0.5, 0.6) is 0 Å². The summed E-state index contributed by atoms with van der Waals surface area (Å²) in [6, 6.07) is 6.72. The first kappa shape index (κ1) is 21.8. The molecule has 0 saturated carbocycles. The van der Waals surface area contributed by atoms with Crippen LogP contribution in [0.25, 0.3) is 0 Å². The van der Waals surface area contributed by atoms with Gasteiger partial charge in [-0.15, -0.1) is 0 Å². The third-order valence-corrected chi connectivity index (χ3v) is 5.58. The maximum Gasteiger partial charge on any atom is 0.208 e. The normalized spacial score (nSPS) is 13.6. The van der Waals surface area contributed by atoms with Crippen LogP contribution in [0.1, 0.15) is 65.9 Å². The first-order chi connectivity index (χ1) is 11.6. The van der Waals surface area contributed by atoms with Gasteiger partial charge in [-0.05, 0) is 54.9 Å². The van der Waals surface area contributed by atoms with E-state index in [1.165, 1.54) is 5.56 Å². The third-order valence-electron chi connectivity index (χ3n) is 4.69. The first-order valence-electron chi connectivity index (χ1n) is 9.20. The molecule has 0 radical (unpaired) electrons. The van der Waals surface area contributed by atoms with Crippen LogP contribution < -0.4 is 5.32 Å². The van der Waals surface area contributed by atoms with Gasteiger partial charge < -0.3 is 5.32 Å². The average Bonchev–Trinajstić information content (AvgIpc) is 2.53. The van der Waals surface area contributed by atoms with Gasteiger partial charge in [0.1, 0.15) is 0 Å². The Bertz CT molecular complexity index is 634. The molecule has 0 amide bonds. The summed E-state index contributed by atoms with van der Waals surface area (Å²) in [5, 5.41) is 3.61. The summed E-state index contributed by atoms with van der Waals surface area (Å²) in [4.78, 5) is 12.1. The Morgan fingerprint density at radius 3 is 2.52 bits per heavy atom. The van der Waals surface area contributed by atoms with E-state index in [2.05, 4.69) is 85.9 Å². The second-order valence-corrected chi connectivity index (χ2v) is 8.74. The van der Waals surface area contributed by atoms with Gasteiger partial charge >= 0.3 is 0 Å². The van der Waals surface area contributed by atoms with Crippen molar-refractivity contribution in [3.8, 4) is 11.8 Å². The smallest absolute Gasteiger partial charge is 0.208 e. The zero-order chi connectivity index (χ0) is 19.0. The number of hydrogen-bond acceptors (Lipinski definition) is 2. The Kier molecular flexibility index (Phi) is 8.73. The highest BCUT2D eigenvalue weighted by Gasteiger charge is 2.25. The average molecular weight is 406 g/mol. The van der Waals surface area contributed by atoms with E-state index >= 15 is 0 Å². The fraction of sp³-hybridized carbons (Fsp3) is 0.591. The zero-order valence-electron chi connectivity index (χ0n) is 16.5. The second-order valence-electron chi connectivity index (χ2n) is 7.89. The lowest BCUT2D eigenvalue weighted by Gasteiger charge is -2.23. The number of halogens is 1. The van der Waals surface area contributed by atoms with Crippen molar-refractivity contribution in [2.24, 2.45) is 11.3 Å². The highest BCUT2D eigenvalue weighted by atomic mass is 79.9. The van der Waals surface area contributed by atoms with E-state index in [-0.39, 0.29) is 17.1 Å². The van der Waals surface area contributed by atoms with Crippen LogP contribution in [0.2, 0.25) is 0 Å². The minimum absolute atomic E-state index is 0.0303. The van der Waals surface area contributed by atoms with Gasteiger partial charge in [0.05, 0.1) is 0 Å². The summed E-state index contributed by atoms with van der Waals surface area (Å²) in [6.45, 7) is 12.5. The molecule has 1 rings (SSSR count). The summed E-state index contributed by atoms with van der Waals surface area (Å²) in [6.07, 6.45) is 3.92. The van der Waals surface area contributed by atoms with E-state index in [0.717, 1.165) is 35.8 Å². The molecule has 0 bridgehead atoms. The molecule has 2 unspecified atom stereocenters. The Labute approximate surface area is 162 Å². The largest absolute Gasteiger partial charge is 0.382 e. The number of rotatable bonds is 7. The molecule has 25 heavy (non-hydrogen) atoms. The van der Waals surface area contributed by atoms with Gasteiger partial charge in [-0.25, -0.2) is 0 Å². The van der Waals surface area contributed by atoms with Crippen LogP contribution in [0.15, 0.2) is 22.7 Å². The van der Waals surface area contributed by atoms with Gasteiger partial charge in [-0.2, -0.15) is 0 Å². The van der Waals surface area contributed by atoms with Crippen LogP contribution >= 0.6 is 15.9 Å². The number of carbonyl (C=O) groups excluding carboxylic acids is 1. The van der Waals surface area contributed by atoms with E-state index in [9.17, 15) is 4.79 Å². The highest BCUT2D eigenvalue weighted by Crippen LogP contribution is 2.25. The van der Waals surface area contributed by atoms with Gasteiger partial charge in [0.2, 0.25) is 5.78 Å². The van der Waals surface area contributed by atoms with Crippen molar-refractivity contribution in [1.29, 1.82) is 0 Å². The lowest BCUT2D eigenvalue weighted by Crippen LogP contribution is -2.24. The molecule has 0 aliphatic carbocycles. The van der Waals surface area contributed by atoms with E-state index in [1.54, 1.807) is 0 Å². The molecule has 0 heterocycles. The quantitative estimate of drug-likeness (QED) is 0.421. The predicted octanol–water partition coefficient (Wildman–Crippen LogP) is 6.37. The van der Waals surface area contributed by atoms with Crippen LogP contribution in [-0.4, -0.2) is 11.8 Å². The number of hydrogen-bond donors (Lipinski definition) is 1. The molecule has 2 nitrogen and oxygen atoms in total. The topological polar surface area (TPSA) is 29.1 Å². The lowest BCUT2D eigenvalue weighted by molar-refractivity contribution is -0.119. The van der Waals surface area contributed by atoms with E-state index < -0.39 is 0 Å². The third kappa shape index (κ3) is 7.65. The maximum atomic E-state index is 12.1. The zero-order valence-corrected chi connectivity index (χ0v) is 18.1. The lowest BCUT2D eigenvalue weighted by atomic mass is 9.79. The van der Waals surface area contributed by atoms with Crippen LogP contribution in [0, 0.1) is 30.1 Å². The van der Waals surface area contributed by atoms with Gasteiger partial charge in [-0.1, -0.05) is 62.9 Å². The molecule has 0 saturated heterocycles. The van der Waals surface area contributed by atoms with Gasteiger partial charge in [0, 0.05) is 28.5 Å². The predicted molar refractivity (Wildman–Crippen MR) is 112 cm³/mol. The number of anilines is 1. The molecule has 0 spiro atoms. The van der Waals surface area contributed by atoms with Crippen molar-refractivity contribution in [3.63, 3.8) is 0 Å². The molecule has 1 aromatic carbocycles. The standard InChI is InChI=1S/C22H32BrNO/c1-7-10-18(24-19-13-14-20(23)16(2)15-19)11-8-9-12-21(25)17(3)22(4,5)6/h13-15,17-18,24H,7-8,10-11H2,1-6H3.